The van der Waals surface area contributed by atoms with Crippen molar-refractivity contribution in [3.63, 3.8) is 0 Å². The Balaban J connectivity index is 2.60. The van der Waals surface area contributed by atoms with Gasteiger partial charge in [0.1, 0.15) is 0 Å². The number of carbonyl (C=O) groups is 1. The van der Waals surface area contributed by atoms with Gasteiger partial charge in [0.25, 0.3) is 0 Å². The van der Waals surface area contributed by atoms with Crippen LogP contribution in [0.4, 0.5) is 5.69 Å². The van der Waals surface area contributed by atoms with E-state index in [1.807, 2.05) is 0 Å². The Morgan fingerprint density at radius 2 is 2.31 bits per heavy atom. The number of benzene rings is 1. The zero-order valence-electron chi connectivity index (χ0n) is 8.62. The number of nitrogen functional groups attached to an aromatic ring is 1. The summed E-state index contributed by atoms with van der Waals surface area (Å²) in [5.41, 5.74) is 6.45. The van der Waals surface area contributed by atoms with Crippen molar-refractivity contribution in [2.24, 2.45) is 0 Å². The fraction of sp³-hybridized carbons (Fsp3) is 0.182. The number of ether oxygens (including phenoxy) is 1. The van der Waals surface area contributed by atoms with Crippen molar-refractivity contribution in [2.75, 3.05) is 12.3 Å². The topological polar surface area (TPSA) is 65.5 Å². The molecule has 0 atom stereocenters. The van der Waals surface area contributed by atoms with E-state index in [-0.39, 0.29) is 18.1 Å². The maximum absolute atomic E-state index is 11.5. The van der Waals surface area contributed by atoms with Gasteiger partial charge in [0.15, 0.2) is 5.58 Å². The van der Waals surface area contributed by atoms with Gasteiger partial charge in [-0.25, -0.2) is 4.79 Å². The average Bonchev–Trinajstić information content (AvgIpc) is 2.59. The molecular formula is C11H10ClNO3. The number of hydrogen-bond acceptors (Lipinski definition) is 4. The minimum absolute atomic E-state index is 0.00458. The first-order valence-corrected chi connectivity index (χ1v) is 5.16. The van der Waals surface area contributed by atoms with E-state index in [1.165, 1.54) is 0 Å². The van der Waals surface area contributed by atoms with Crippen LogP contribution in [0.25, 0.3) is 11.0 Å². The molecule has 1 aromatic heterocycles. The third-order valence-corrected chi connectivity index (χ3v) is 2.46. The molecule has 0 saturated heterocycles. The van der Waals surface area contributed by atoms with Crippen LogP contribution < -0.4 is 5.73 Å². The van der Waals surface area contributed by atoms with Crippen LogP contribution in [-0.2, 0) is 4.74 Å². The fourth-order valence-corrected chi connectivity index (χ4v) is 1.67. The molecule has 0 radical (unpaired) electrons. The highest BCUT2D eigenvalue weighted by molar-refractivity contribution is 6.35. The number of anilines is 1. The molecule has 0 amide bonds. The van der Waals surface area contributed by atoms with Crippen LogP contribution in [0, 0.1) is 0 Å². The van der Waals surface area contributed by atoms with Crippen LogP contribution in [-0.4, -0.2) is 12.6 Å². The van der Waals surface area contributed by atoms with Crippen molar-refractivity contribution in [1.82, 2.24) is 0 Å². The molecule has 2 aromatic rings. The Labute approximate surface area is 96.9 Å². The molecular weight excluding hydrogens is 230 g/mol. The third-order valence-electron chi connectivity index (χ3n) is 2.17. The van der Waals surface area contributed by atoms with E-state index in [1.54, 1.807) is 25.1 Å². The molecule has 4 nitrogen and oxygen atoms in total. The van der Waals surface area contributed by atoms with Gasteiger partial charge >= 0.3 is 5.97 Å². The quantitative estimate of drug-likeness (QED) is 0.819. The number of carbonyl (C=O) groups excluding carboxylic acids is 1. The lowest BCUT2D eigenvalue weighted by molar-refractivity contribution is 0.0494. The fourth-order valence-electron chi connectivity index (χ4n) is 1.45. The van der Waals surface area contributed by atoms with E-state index in [2.05, 4.69) is 0 Å². The maximum atomic E-state index is 11.5. The van der Waals surface area contributed by atoms with Gasteiger partial charge < -0.3 is 14.9 Å². The van der Waals surface area contributed by atoms with E-state index < -0.39 is 5.97 Å². The monoisotopic (exact) mass is 239 g/mol. The summed E-state index contributed by atoms with van der Waals surface area (Å²) in [5, 5.41) is 1.04. The number of esters is 1. The highest BCUT2D eigenvalue weighted by atomic mass is 35.5. The molecule has 0 spiro atoms. The molecule has 84 valence electrons. The molecule has 0 aliphatic heterocycles. The molecule has 1 heterocycles. The average molecular weight is 240 g/mol. The van der Waals surface area contributed by atoms with Gasteiger partial charge in [-0.05, 0) is 19.1 Å². The number of para-hydroxylation sites is 1. The minimum Gasteiger partial charge on any atom is -0.460 e. The summed E-state index contributed by atoms with van der Waals surface area (Å²) in [6.45, 7) is 1.98. The number of rotatable bonds is 2. The van der Waals surface area contributed by atoms with Crippen LogP contribution in [0.3, 0.4) is 0 Å². The molecule has 0 unspecified atom stereocenters. The first kappa shape index (κ1) is 10.8. The summed E-state index contributed by atoms with van der Waals surface area (Å²) in [6.07, 6.45) is 0. The van der Waals surface area contributed by atoms with E-state index in [0.717, 1.165) is 0 Å². The Morgan fingerprint density at radius 1 is 1.56 bits per heavy atom. The molecule has 0 bridgehead atoms. The molecule has 1 aromatic carbocycles. The summed E-state index contributed by atoms with van der Waals surface area (Å²) in [4.78, 5) is 11.5. The predicted octanol–water partition coefficient (Wildman–Crippen LogP) is 2.85. The van der Waals surface area contributed by atoms with Crippen molar-refractivity contribution >= 4 is 34.2 Å². The zero-order chi connectivity index (χ0) is 11.7. The van der Waals surface area contributed by atoms with Crippen LogP contribution in [0.1, 0.15) is 17.5 Å². The van der Waals surface area contributed by atoms with E-state index in [9.17, 15) is 4.79 Å². The number of nitrogens with two attached hydrogens (primary N) is 1. The lowest BCUT2D eigenvalue weighted by Crippen LogP contribution is -2.05. The van der Waals surface area contributed by atoms with Gasteiger partial charge in [-0.1, -0.05) is 17.7 Å². The van der Waals surface area contributed by atoms with Crippen LogP contribution in [0.15, 0.2) is 22.6 Å². The normalized spacial score (nSPS) is 10.6. The third kappa shape index (κ3) is 1.61. The summed E-state index contributed by atoms with van der Waals surface area (Å²) >= 11 is 5.92. The molecule has 0 aliphatic carbocycles. The second kappa shape index (κ2) is 4.06. The van der Waals surface area contributed by atoms with Crippen molar-refractivity contribution in [3.05, 3.63) is 29.0 Å². The lowest BCUT2D eigenvalue weighted by Gasteiger charge is -1.97. The van der Waals surface area contributed by atoms with Gasteiger partial charge in [0.05, 0.1) is 17.3 Å². The molecule has 2 rings (SSSR count). The van der Waals surface area contributed by atoms with Crippen LogP contribution in [0.5, 0.6) is 0 Å². The van der Waals surface area contributed by atoms with Gasteiger partial charge in [0.2, 0.25) is 5.76 Å². The van der Waals surface area contributed by atoms with Crippen molar-refractivity contribution < 1.29 is 13.9 Å². The second-order valence-corrected chi connectivity index (χ2v) is 3.59. The highest BCUT2D eigenvalue weighted by Gasteiger charge is 2.20. The molecule has 16 heavy (non-hydrogen) atoms. The smallest absolute Gasteiger partial charge is 0.376 e. The number of fused-ring (bicyclic) bond motifs is 1. The van der Waals surface area contributed by atoms with E-state index in [4.69, 9.17) is 26.5 Å². The minimum atomic E-state index is -0.577. The number of furan rings is 1. The van der Waals surface area contributed by atoms with Crippen molar-refractivity contribution in [1.29, 1.82) is 0 Å². The second-order valence-electron chi connectivity index (χ2n) is 3.18. The molecule has 0 aliphatic rings. The van der Waals surface area contributed by atoms with E-state index >= 15 is 0 Å². The van der Waals surface area contributed by atoms with E-state index in [0.29, 0.717) is 16.0 Å². The standard InChI is InChI=1S/C11H10ClNO3/c1-2-15-11(14)10-8(13)6-4-3-5-7(12)9(6)16-10/h3-5H,2,13H2,1H3. The summed E-state index contributed by atoms with van der Waals surface area (Å²) < 4.78 is 10.1. The number of hydrogen-bond donors (Lipinski definition) is 1. The lowest BCUT2D eigenvalue weighted by atomic mass is 10.2. The number of halogens is 1. The molecule has 0 saturated carbocycles. The zero-order valence-corrected chi connectivity index (χ0v) is 9.38. The Morgan fingerprint density at radius 3 is 2.94 bits per heavy atom. The molecule has 0 fully saturated rings. The Bertz CT molecular complexity index is 547. The molecule has 5 heteroatoms. The first-order valence-electron chi connectivity index (χ1n) is 4.78. The van der Waals surface area contributed by atoms with Crippen LogP contribution in [0.2, 0.25) is 5.02 Å². The SMILES string of the molecule is CCOC(=O)c1oc2c(Cl)cccc2c1N. The van der Waals surface area contributed by atoms with Gasteiger partial charge in [-0.2, -0.15) is 0 Å². The Kier molecular flexibility index (Phi) is 2.75. The van der Waals surface area contributed by atoms with Gasteiger partial charge in [-0.15, -0.1) is 0 Å². The summed E-state index contributed by atoms with van der Waals surface area (Å²) in [5.74, 6) is -0.572. The summed E-state index contributed by atoms with van der Waals surface area (Å²) in [7, 11) is 0. The van der Waals surface area contributed by atoms with Gasteiger partial charge in [-0.3, -0.25) is 0 Å². The van der Waals surface area contributed by atoms with Crippen molar-refractivity contribution in [3.8, 4) is 0 Å². The highest BCUT2D eigenvalue weighted by Crippen LogP contribution is 2.33. The maximum Gasteiger partial charge on any atom is 0.376 e. The van der Waals surface area contributed by atoms with Crippen LogP contribution >= 0.6 is 11.6 Å². The summed E-state index contributed by atoms with van der Waals surface area (Å²) in [6, 6.07) is 5.15. The van der Waals surface area contributed by atoms with Crippen molar-refractivity contribution in [2.45, 2.75) is 6.92 Å². The largest absolute Gasteiger partial charge is 0.460 e. The molecule has 2 N–H and O–H groups in total. The first-order chi connectivity index (χ1) is 7.65. The predicted molar refractivity (Wildman–Crippen MR) is 61.6 cm³/mol. The Hall–Kier alpha value is -1.68. The van der Waals surface area contributed by atoms with Gasteiger partial charge in [0, 0.05) is 5.39 Å².